The Labute approximate surface area is 131 Å². The van der Waals surface area contributed by atoms with E-state index in [2.05, 4.69) is 25.1 Å². The highest BCUT2D eigenvalue weighted by molar-refractivity contribution is 6.35. The topological polar surface area (TPSA) is 75.6 Å². The number of nitrogens with zero attached hydrogens (tertiary/aromatic N) is 3. The molecule has 22 heavy (non-hydrogen) atoms. The van der Waals surface area contributed by atoms with Crippen LogP contribution in [0.5, 0.6) is 0 Å². The second-order valence-corrected chi connectivity index (χ2v) is 5.86. The van der Waals surface area contributed by atoms with Crippen LogP contribution in [-0.2, 0) is 17.8 Å². The number of imidazole rings is 1. The number of anilines is 1. The van der Waals surface area contributed by atoms with Gasteiger partial charge in [0, 0.05) is 36.7 Å². The molecular formula is C15H14ClN5O. The number of aryl methyl sites for hydroxylation is 1. The molecule has 0 fully saturated rings. The molecule has 0 bridgehead atoms. The lowest BCUT2D eigenvalue weighted by molar-refractivity contribution is -0.120. The molecule has 2 N–H and O–H groups in total. The first-order chi connectivity index (χ1) is 10.7. The van der Waals surface area contributed by atoms with Crippen molar-refractivity contribution >= 4 is 34.2 Å². The van der Waals surface area contributed by atoms with Gasteiger partial charge in [0.2, 0.25) is 5.91 Å². The van der Waals surface area contributed by atoms with Crippen molar-refractivity contribution in [3.05, 3.63) is 41.4 Å². The van der Waals surface area contributed by atoms with Crippen LogP contribution in [-0.4, -0.2) is 25.7 Å². The Kier molecular flexibility index (Phi) is 3.11. The van der Waals surface area contributed by atoms with Crippen molar-refractivity contribution in [3.8, 4) is 0 Å². The van der Waals surface area contributed by atoms with Crippen molar-refractivity contribution in [2.24, 2.45) is 5.92 Å². The molecule has 0 radical (unpaired) electrons. The number of rotatable bonds is 2. The molecule has 3 heterocycles. The van der Waals surface area contributed by atoms with Crippen molar-refractivity contribution in [1.29, 1.82) is 0 Å². The van der Waals surface area contributed by atoms with E-state index in [4.69, 9.17) is 11.6 Å². The first-order valence-electron chi connectivity index (χ1n) is 7.16. The average molecular weight is 316 g/mol. The smallest absolute Gasteiger partial charge is 0.229 e. The van der Waals surface area contributed by atoms with E-state index in [0.29, 0.717) is 17.3 Å². The molecule has 6 nitrogen and oxygen atoms in total. The van der Waals surface area contributed by atoms with Gasteiger partial charge in [-0.15, -0.1) is 0 Å². The molecule has 1 amide bonds. The van der Waals surface area contributed by atoms with E-state index in [0.717, 1.165) is 29.7 Å². The molecule has 1 aliphatic heterocycles. The van der Waals surface area contributed by atoms with Gasteiger partial charge in [0.15, 0.2) is 5.82 Å². The number of hydrogen-bond acceptors (Lipinski definition) is 3. The summed E-state index contributed by atoms with van der Waals surface area (Å²) in [4.78, 5) is 16.8. The van der Waals surface area contributed by atoms with Crippen LogP contribution in [0.1, 0.15) is 12.2 Å². The maximum absolute atomic E-state index is 12.5. The molecule has 1 aliphatic rings. The summed E-state index contributed by atoms with van der Waals surface area (Å²) in [6.07, 6.45) is 5.19. The third-order valence-electron chi connectivity index (χ3n) is 4.11. The van der Waals surface area contributed by atoms with Crippen LogP contribution in [0.2, 0.25) is 5.02 Å². The minimum absolute atomic E-state index is 0.0253. The molecule has 1 aromatic carbocycles. The summed E-state index contributed by atoms with van der Waals surface area (Å²) in [5, 5.41) is 11.3. The summed E-state index contributed by atoms with van der Waals surface area (Å²) in [5.74, 6) is 1.38. The molecule has 0 saturated carbocycles. The lowest BCUT2D eigenvalue weighted by Crippen LogP contribution is -2.30. The Morgan fingerprint density at radius 2 is 2.36 bits per heavy atom. The Hall–Kier alpha value is -2.34. The number of aromatic nitrogens is 4. The molecule has 2 aromatic heterocycles. The van der Waals surface area contributed by atoms with E-state index in [1.807, 2.05) is 18.3 Å². The predicted molar refractivity (Wildman–Crippen MR) is 83.8 cm³/mol. The number of carbonyl (C=O) groups excluding carboxylic acids is 1. The SMILES string of the molecule is O=C(Nc1n[nH]c2c(Cl)cccc12)[C@H]1CCn2ccnc2C1. The average Bonchev–Trinajstić information content (AvgIpc) is 3.14. The molecule has 0 saturated heterocycles. The van der Waals surface area contributed by atoms with E-state index in [9.17, 15) is 4.79 Å². The Bertz CT molecular complexity index is 853. The normalized spacial score (nSPS) is 17.4. The van der Waals surface area contributed by atoms with E-state index in [-0.39, 0.29) is 11.8 Å². The van der Waals surface area contributed by atoms with E-state index in [1.54, 1.807) is 12.3 Å². The molecule has 7 heteroatoms. The fourth-order valence-corrected chi connectivity index (χ4v) is 3.11. The number of aromatic amines is 1. The van der Waals surface area contributed by atoms with E-state index >= 15 is 0 Å². The summed E-state index contributed by atoms with van der Waals surface area (Å²) >= 11 is 6.10. The van der Waals surface area contributed by atoms with Gasteiger partial charge in [-0.3, -0.25) is 9.89 Å². The van der Waals surface area contributed by atoms with Crippen LogP contribution in [0.25, 0.3) is 10.9 Å². The second-order valence-electron chi connectivity index (χ2n) is 5.45. The highest BCUT2D eigenvalue weighted by Gasteiger charge is 2.26. The third kappa shape index (κ3) is 2.16. The van der Waals surface area contributed by atoms with Crippen molar-refractivity contribution in [3.63, 3.8) is 0 Å². The minimum Gasteiger partial charge on any atom is -0.335 e. The summed E-state index contributed by atoms with van der Waals surface area (Å²) in [5.41, 5.74) is 0.735. The number of amides is 1. The van der Waals surface area contributed by atoms with Gasteiger partial charge in [0.05, 0.1) is 10.5 Å². The highest BCUT2D eigenvalue weighted by Crippen LogP contribution is 2.27. The molecule has 1 atom stereocenters. The maximum atomic E-state index is 12.5. The number of fused-ring (bicyclic) bond motifs is 2. The Morgan fingerprint density at radius 3 is 3.27 bits per heavy atom. The number of H-pyrrole nitrogens is 1. The van der Waals surface area contributed by atoms with Gasteiger partial charge in [-0.25, -0.2) is 4.98 Å². The van der Waals surface area contributed by atoms with Gasteiger partial charge < -0.3 is 9.88 Å². The first kappa shape index (κ1) is 13.3. The molecular weight excluding hydrogens is 302 g/mol. The van der Waals surface area contributed by atoms with Crippen LogP contribution in [0.4, 0.5) is 5.82 Å². The van der Waals surface area contributed by atoms with Crippen LogP contribution in [0.15, 0.2) is 30.6 Å². The third-order valence-corrected chi connectivity index (χ3v) is 4.42. The van der Waals surface area contributed by atoms with Gasteiger partial charge in [-0.1, -0.05) is 17.7 Å². The van der Waals surface area contributed by atoms with Crippen molar-refractivity contribution in [2.75, 3.05) is 5.32 Å². The van der Waals surface area contributed by atoms with Crippen molar-refractivity contribution in [1.82, 2.24) is 19.7 Å². The number of para-hydroxylation sites is 1. The lowest BCUT2D eigenvalue weighted by Gasteiger charge is -2.22. The molecule has 0 aliphatic carbocycles. The zero-order chi connectivity index (χ0) is 15.1. The Balaban J connectivity index is 1.56. The Morgan fingerprint density at radius 1 is 1.45 bits per heavy atom. The van der Waals surface area contributed by atoms with Crippen molar-refractivity contribution in [2.45, 2.75) is 19.4 Å². The van der Waals surface area contributed by atoms with Crippen LogP contribution in [0.3, 0.4) is 0 Å². The summed E-state index contributed by atoms with van der Waals surface area (Å²) in [6, 6.07) is 5.51. The van der Waals surface area contributed by atoms with Crippen LogP contribution in [0, 0.1) is 5.92 Å². The fourth-order valence-electron chi connectivity index (χ4n) is 2.90. The van der Waals surface area contributed by atoms with Crippen LogP contribution < -0.4 is 5.32 Å². The zero-order valence-electron chi connectivity index (χ0n) is 11.7. The van der Waals surface area contributed by atoms with Gasteiger partial charge >= 0.3 is 0 Å². The number of nitrogens with one attached hydrogen (secondary N) is 2. The van der Waals surface area contributed by atoms with Gasteiger partial charge in [-0.2, -0.15) is 5.10 Å². The number of hydrogen-bond donors (Lipinski definition) is 2. The zero-order valence-corrected chi connectivity index (χ0v) is 12.5. The number of carbonyl (C=O) groups is 1. The fraction of sp³-hybridized carbons (Fsp3) is 0.267. The highest BCUT2D eigenvalue weighted by atomic mass is 35.5. The lowest BCUT2D eigenvalue weighted by atomic mass is 9.97. The quantitative estimate of drug-likeness (QED) is 0.763. The van der Waals surface area contributed by atoms with Crippen LogP contribution >= 0.6 is 11.6 Å². The standard InChI is InChI=1S/C15H14ClN5O/c16-11-3-1-2-10-13(11)19-20-14(10)18-15(22)9-4-6-21-7-5-17-12(21)8-9/h1-3,5,7,9H,4,6,8H2,(H2,18,19,20,22)/t9-/m0/s1. The second kappa shape index (κ2) is 5.14. The molecule has 0 spiro atoms. The van der Waals surface area contributed by atoms with Gasteiger partial charge in [-0.05, 0) is 18.6 Å². The number of halogens is 1. The van der Waals surface area contributed by atoms with E-state index < -0.39 is 0 Å². The summed E-state index contributed by atoms with van der Waals surface area (Å²) in [7, 11) is 0. The maximum Gasteiger partial charge on any atom is 0.229 e. The summed E-state index contributed by atoms with van der Waals surface area (Å²) in [6.45, 7) is 0.820. The minimum atomic E-state index is -0.0826. The van der Waals surface area contributed by atoms with E-state index in [1.165, 1.54) is 0 Å². The molecule has 3 aromatic rings. The molecule has 0 unspecified atom stereocenters. The monoisotopic (exact) mass is 315 g/mol. The first-order valence-corrected chi connectivity index (χ1v) is 7.53. The van der Waals surface area contributed by atoms with Gasteiger partial charge in [0.1, 0.15) is 5.82 Å². The number of benzene rings is 1. The predicted octanol–water partition coefficient (Wildman–Crippen LogP) is 2.61. The van der Waals surface area contributed by atoms with Crippen molar-refractivity contribution < 1.29 is 4.79 Å². The molecule has 4 rings (SSSR count). The largest absolute Gasteiger partial charge is 0.335 e. The summed E-state index contributed by atoms with van der Waals surface area (Å²) < 4.78 is 2.09. The molecule has 112 valence electrons. The van der Waals surface area contributed by atoms with Gasteiger partial charge in [0.25, 0.3) is 0 Å².